The second kappa shape index (κ2) is 17.5. The number of rotatable bonds is 14. The highest BCUT2D eigenvalue weighted by atomic mass is 16.7. The van der Waals surface area contributed by atoms with Gasteiger partial charge in [-0.15, -0.1) is 0 Å². The van der Waals surface area contributed by atoms with Gasteiger partial charge < -0.3 is 69.3 Å². The molecule has 6 rings (SSSR count). The van der Waals surface area contributed by atoms with E-state index in [9.17, 15) is 40.9 Å². The van der Waals surface area contributed by atoms with Crippen molar-refractivity contribution < 1.29 is 69.3 Å². The first-order chi connectivity index (χ1) is 26.4. The van der Waals surface area contributed by atoms with E-state index in [1.807, 2.05) is 0 Å². The monoisotopic (exact) mass is 798 g/mol. The summed E-state index contributed by atoms with van der Waals surface area (Å²) < 4.78 is 36.1. The average molecular weight is 799 g/mol. The van der Waals surface area contributed by atoms with Gasteiger partial charge in [0.1, 0.15) is 54.9 Å². The Morgan fingerprint density at radius 3 is 2.23 bits per heavy atom. The molecule has 3 saturated carbocycles. The molecule has 0 spiro atoms. The molecule has 20 atom stereocenters. The van der Waals surface area contributed by atoms with Crippen LogP contribution in [-0.4, -0.2) is 154 Å². The van der Waals surface area contributed by atoms with Gasteiger partial charge in [-0.1, -0.05) is 52.3 Å². The van der Waals surface area contributed by atoms with Crippen molar-refractivity contribution in [1.29, 1.82) is 0 Å². The van der Waals surface area contributed by atoms with Crippen LogP contribution in [0.4, 0.5) is 0 Å². The van der Waals surface area contributed by atoms with Gasteiger partial charge in [0.15, 0.2) is 12.6 Å². The maximum Gasteiger partial charge on any atom is 0.187 e. The van der Waals surface area contributed by atoms with E-state index < -0.39 is 97.8 Å². The van der Waals surface area contributed by atoms with Crippen molar-refractivity contribution >= 4 is 0 Å². The number of hydrogen-bond donors (Lipinski definition) is 8. The van der Waals surface area contributed by atoms with Crippen LogP contribution >= 0.6 is 0 Å². The van der Waals surface area contributed by atoms with E-state index in [1.165, 1.54) is 14.2 Å². The van der Waals surface area contributed by atoms with Crippen molar-refractivity contribution in [3.63, 3.8) is 0 Å². The summed E-state index contributed by atoms with van der Waals surface area (Å²) in [6.45, 7) is 14.6. The zero-order valence-corrected chi connectivity index (χ0v) is 34.3. The van der Waals surface area contributed by atoms with E-state index >= 15 is 0 Å². The number of ether oxygens (including phenoxy) is 6. The summed E-state index contributed by atoms with van der Waals surface area (Å²) in [6, 6.07) is 0. The summed E-state index contributed by atoms with van der Waals surface area (Å²) >= 11 is 0. The molecular formula is C42H70O14. The van der Waals surface area contributed by atoms with Gasteiger partial charge in [0.25, 0.3) is 0 Å². The fourth-order valence-corrected chi connectivity index (χ4v) is 11.8. The molecule has 0 bridgehead atoms. The van der Waals surface area contributed by atoms with Crippen molar-refractivity contribution in [2.45, 2.75) is 172 Å². The summed E-state index contributed by atoms with van der Waals surface area (Å²) in [5, 5.41) is 88.5. The van der Waals surface area contributed by atoms with Crippen LogP contribution in [0.3, 0.4) is 0 Å². The second-order valence-corrected chi connectivity index (χ2v) is 18.6. The largest absolute Gasteiger partial charge is 0.394 e. The number of allylic oxidation sites excluding steroid dienone is 1. The molecule has 14 heteroatoms. The van der Waals surface area contributed by atoms with Crippen LogP contribution in [0.2, 0.25) is 0 Å². The van der Waals surface area contributed by atoms with Gasteiger partial charge in [-0.05, 0) is 97.4 Å². The SMILES string of the molecule is C=C(CC[C@@H](C)[C@H]1[C@H](O[C@@H]2O[C@H](CO)[C@@H](O)[C@H](OC)[C@H]2O)CC2=C3[C@@H](O[C@@H]4O[C@@H]([C@H](O)COC)[C@H](O)[C@H]4O)[C@@H](O)[C@H]4C[C@H](O)CC[C@]4(C)[C@H]3CC[C@@]21C)C(C)C. The highest BCUT2D eigenvalue weighted by molar-refractivity contribution is 5.40. The Morgan fingerprint density at radius 1 is 0.893 bits per heavy atom. The van der Waals surface area contributed by atoms with Crippen LogP contribution < -0.4 is 0 Å². The summed E-state index contributed by atoms with van der Waals surface area (Å²) in [6.07, 6.45) is -10.4. The van der Waals surface area contributed by atoms with Gasteiger partial charge in [0.05, 0.1) is 31.5 Å². The van der Waals surface area contributed by atoms with Crippen LogP contribution in [-0.2, 0) is 28.4 Å². The minimum absolute atomic E-state index is 0.0476. The lowest BCUT2D eigenvalue weighted by Crippen LogP contribution is -2.60. The Balaban J connectivity index is 1.43. The number of methoxy groups -OCH3 is 2. The standard InChI is InChI=1S/C42H70O14/c1-19(2)20(3)9-10-21(4)30-27(53-40-35(50)38(52-8)32(47)28(17-43)54-40)16-24-29-23(12-14-42(24,30)6)41(5)13-11-22(44)15-25(41)31(46)37(29)56-39-34(49)33(48)36(55-39)26(45)18-51-7/h19,21-23,25-28,30-40,43-50H,3,9-18H2,1-2,4-8H3/t21-,22-,23+,25-,26-,27-,28-,30+,31+,32-,33-,34-,35-,36+,37-,38+,39+,40-,41-,42+/m1/s1. The first-order valence-corrected chi connectivity index (χ1v) is 20.8. The van der Waals surface area contributed by atoms with Crippen molar-refractivity contribution in [3.05, 3.63) is 23.3 Å². The first kappa shape index (κ1) is 44.5. The van der Waals surface area contributed by atoms with Crippen molar-refractivity contribution in [2.75, 3.05) is 27.4 Å². The fourth-order valence-electron chi connectivity index (χ4n) is 11.8. The number of hydrogen-bond acceptors (Lipinski definition) is 14. The fraction of sp³-hybridized carbons (Fsp3) is 0.905. The molecule has 0 aromatic carbocycles. The van der Waals surface area contributed by atoms with E-state index in [0.717, 1.165) is 42.4 Å². The molecule has 5 fully saturated rings. The topological polar surface area (TPSA) is 217 Å². The molecule has 322 valence electrons. The average Bonchev–Trinajstić information content (AvgIpc) is 3.61. The third-order valence-corrected chi connectivity index (χ3v) is 15.1. The van der Waals surface area contributed by atoms with E-state index in [-0.39, 0.29) is 35.7 Å². The summed E-state index contributed by atoms with van der Waals surface area (Å²) in [5.41, 5.74) is 2.31. The van der Waals surface area contributed by atoms with E-state index in [4.69, 9.17) is 28.4 Å². The maximum atomic E-state index is 12.4. The predicted molar refractivity (Wildman–Crippen MR) is 203 cm³/mol. The van der Waals surface area contributed by atoms with Crippen molar-refractivity contribution in [3.8, 4) is 0 Å². The smallest absolute Gasteiger partial charge is 0.187 e. The molecule has 4 aliphatic carbocycles. The normalized spacial score (nSPS) is 47.7. The molecular weight excluding hydrogens is 728 g/mol. The lowest BCUT2D eigenvalue weighted by Gasteiger charge is -2.60. The van der Waals surface area contributed by atoms with Gasteiger partial charge in [0.2, 0.25) is 0 Å². The van der Waals surface area contributed by atoms with Gasteiger partial charge in [-0.3, -0.25) is 0 Å². The third-order valence-electron chi connectivity index (χ3n) is 15.1. The minimum atomic E-state index is -1.52. The Kier molecular flexibility index (Phi) is 13.9. The Bertz CT molecular complexity index is 1390. The molecule has 0 radical (unpaired) electrons. The number of aliphatic hydroxyl groups excluding tert-OH is 8. The molecule has 0 unspecified atom stereocenters. The van der Waals surface area contributed by atoms with E-state index in [2.05, 4.69) is 41.2 Å². The Morgan fingerprint density at radius 2 is 1.59 bits per heavy atom. The van der Waals surface area contributed by atoms with Gasteiger partial charge >= 0.3 is 0 Å². The molecule has 2 saturated heterocycles. The molecule has 2 heterocycles. The first-order valence-electron chi connectivity index (χ1n) is 20.8. The molecule has 6 aliphatic rings. The van der Waals surface area contributed by atoms with E-state index in [1.54, 1.807) is 0 Å². The van der Waals surface area contributed by atoms with Gasteiger partial charge in [-0.2, -0.15) is 0 Å². The maximum absolute atomic E-state index is 12.4. The number of aliphatic hydroxyl groups is 8. The molecule has 2 aliphatic heterocycles. The summed E-state index contributed by atoms with van der Waals surface area (Å²) in [7, 11) is 2.80. The van der Waals surface area contributed by atoms with Crippen LogP contribution in [0.15, 0.2) is 23.3 Å². The van der Waals surface area contributed by atoms with Gasteiger partial charge in [-0.25, -0.2) is 0 Å². The Hall–Kier alpha value is -1.08. The molecule has 0 aromatic heterocycles. The lowest BCUT2D eigenvalue weighted by atomic mass is 9.47. The van der Waals surface area contributed by atoms with Gasteiger partial charge in [0, 0.05) is 14.2 Å². The quantitative estimate of drug-likeness (QED) is 0.117. The second-order valence-electron chi connectivity index (χ2n) is 18.6. The molecule has 8 N–H and O–H groups in total. The Labute approximate surface area is 331 Å². The molecule has 0 amide bonds. The predicted octanol–water partition coefficient (Wildman–Crippen LogP) is 1.57. The molecule has 14 nitrogen and oxygen atoms in total. The minimum Gasteiger partial charge on any atom is -0.394 e. The summed E-state index contributed by atoms with van der Waals surface area (Å²) in [4.78, 5) is 0. The highest BCUT2D eigenvalue weighted by Gasteiger charge is 2.64. The van der Waals surface area contributed by atoms with Crippen LogP contribution in [0.1, 0.15) is 86.0 Å². The summed E-state index contributed by atoms with van der Waals surface area (Å²) in [5.74, 6) is -0.0352. The number of fused-ring (bicyclic) bond motifs is 4. The zero-order chi connectivity index (χ0) is 41.0. The lowest BCUT2D eigenvalue weighted by molar-refractivity contribution is -0.318. The van der Waals surface area contributed by atoms with Crippen molar-refractivity contribution in [1.82, 2.24) is 0 Å². The van der Waals surface area contributed by atoms with Crippen molar-refractivity contribution in [2.24, 2.45) is 40.4 Å². The molecule has 56 heavy (non-hydrogen) atoms. The molecule has 0 aromatic rings. The van der Waals surface area contributed by atoms with E-state index in [0.29, 0.717) is 31.6 Å². The third kappa shape index (κ3) is 7.84. The van der Waals surface area contributed by atoms with Crippen LogP contribution in [0.5, 0.6) is 0 Å². The van der Waals surface area contributed by atoms with Crippen LogP contribution in [0.25, 0.3) is 0 Å². The van der Waals surface area contributed by atoms with Crippen LogP contribution in [0, 0.1) is 40.4 Å². The highest BCUT2D eigenvalue weighted by Crippen LogP contribution is 2.67. The zero-order valence-electron chi connectivity index (χ0n) is 34.3.